The first kappa shape index (κ1) is 20.0. The van der Waals surface area contributed by atoms with Crippen molar-refractivity contribution in [3.63, 3.8) is 0 Å². The van der Waals surface area contributed by atoms with Crippen LogP contribution >= 0.6 is 0 Å². The predicted octanol–water partition coefficient (Wildman–Crippen LogP) is 4.87. The molecule has 0 bridgehead atoms. The molecule has 3 aromatic rings. The number of ether oxygens (including phenoxy) is 3. The molecule has 156 valence electrons. The van der Waals surface area contributed by atoms with E-state index in [1.807, 2.05) is 49.4 Å². The molecule has 4 rings (SSSR count). The van der Waals surface area contributed by atoms with Crippen LogP contribution < -0.4 is 4.74 Å². The SMILES string of the molecule is CCOC(=O)C(Cc1ccc(OCC=C2c3occc3-c3ccoc32)cc1)OCC. The number of hydrogen-bond donors (Lipinski definition) is 0. The Kier molecular flexibility index (Phi) is 6.05. The topological polar surface area (TPSA) is 71.0 Å². The van der Waals surface area contributed by atoms with E-state index in [1.54, 1.807) is 19.5 Å². The maximum Gasteiger partial charge on any atom is 0.335 e. The third-order valence-corrected chi connectivity index (χ3v) is 4.91. The molecule has 30 heavy (non-hydrogen) atoms. The van der Waals surface area contributed by atoms with Crippen LogP contribution in [-0.4, -0.2) is 31.9 Å². The molecular weight excluding hydrogens is 384 g/mol. The third kappa shape index (κ3) is 4.04. The quantitative estimate of drug-likeness (QED) is 0.368. The van der Waals surface area contributed by atoms with E-state index in [0.29, 0.717) is 26.2 Å². The summed E-state index contributed by atoms with van der Waals surface area (Å²) in [5.74, 6) is 2.02. The lowest BCUT2D eigenvalue weighted by Crippen LogP contribution is -2.28. The first-order chi connectivity index (χ1) is 14.7. The number of benzene rings is 1. The van der Waals surface area contributed by atoms with E-state index < -0.39 is 6.10 Å². The largest absolute Gasteiger partial charge is 0.490 e. The standard InChI is InChI=1S/C24H24O6/c1-3-26-21(24(25)27-4-2)15-16-5-7-17(8-6-16)28-12-11-20-22-18(9-13-29-22)19-10-14-30-23(19)20/h5-11,13-14,21H,3-4,12,15H2,1-2H3. The minimum absolute atomic E-state index is 0.336. The van der Waals surface area contributed by atoms with Gasteiger partial charge in [0, 0.05) is 24.2 Å². The Labute approximate surface area is 175 Å². The summed E-state index contributed by atoms with van der Waals surface area (Å²) in [6.45, 7) is 4.81. The molecule has 2 heterocycles. The molecule has 2 aromatic heterocycles. The van der Waals surface area contributed by atoms with Crippen molar-refractivity contribution in [1.29, 1.82) is 0 Å². The van der Waals surface area contributed by atoms with Crippen molar-refractivity contribution in [2.45, 2.75) is 26.4 Å². The summed E-state index contributed by atoms with van der Waals surface area (Å²) < 4.78 is 27.7. The van der Waals surface area contributed by atoms with Crippen LogP contribution in [0.25, 0.3) is 16.7 Å². The molecule has 0 amide bonds. The van der Waals surface area contributed by atoms with Gasteiger partial charge in [0.05, 0.1) is 24.7 Å². The highest BCUT2D eigenvalue weighted by Gasteiger charge is 2.29. The number of furan rings is 2. The molecule has 0 fully saturated rings. The maximum atomic E-state index is 12.0. The Bertz CT molecular complexity index is 982. The zero-order valence-corrected chi connectivity index (χ0v) is 17.1. The zero-order valence-electron chi connectivity index (χ0n) is 17.1. The second-order valence-corrected chi connectivity index (χ2v) is 6.80. The van der Waals surface area contributed by atoms with Gasteiger partial charge in [-0.25, -0.2) is 4.79 Å². The summed E-state index contributed by atoms with van der Waals surface area (Å²) in [5, 5.41) is 0. The van der Waals surface area contributed by atoms with Gasteiger partial charge in [0.2, 0.25) is 0 Å². The lowest BCUT2D eigenvalue weighted by atomic mass is 10.1. The highest BCUT2D eigenvalue weighted by molar-refractivity contribution is 5.97. The fraction of sp³-hybridized carbons (Fsp3) is 0.292. The highest BCUT2D eigenvalue weighted by atomic mass is 16.6. The van der Waals surface area contributed by atoms with Crippen LogP contribution in [0.4, 0.5) is 0 Å². The summed E-state index contributed by atoms with van der Waals surface area (Å²) in [6, 6.07) is 11.5. The van der Waals surface area contributed by atoms with Gasteiger partial charge in [0.25, 0.3) is 0 Å². The Morgan fingerprint density at radius 2 is 1.63 bits per heavy atom. The molecule has 0 spiro atoms. The van der Waals surface area contributed by atoms with Crippen LogP contribution in [0.5, 0.6) is 5.75 Å². The van der Waals surface area contributed by atoms with E-state index in [0.717, 1.165) is 39.5 Å². The summed E-state index contributed by atoms with van der Waals surface area (Å²) in [4.78, 5) is 12.0. The summed E-state index contributed by atoms with van der Waals surface area (Å²) in [6.07, 6.45) is 5.18. The Balaban J connectivity index is 1.38. The second-order valence-electron chi connectivity index (χ2n) is 6.80. The van der Waals surface area contributed by atoms with Crippen molar-refractivity contribution in [1.82, 2.24) is 0 Å². The molecule has 1 unspecified atom stereocenters. The molecule has 0 saturated heterocycles. The van der Waals surface area contributed by atoms with E-state index in [2.05, 4.69) is 0 Å². The average Bonchev–Trinajstić information content (AvgIpc) is 3.45. The van der Waals surface area contributed by atoms with E-state index in [4.69, 9.17) is 23.0 Å². The van der Waals surface area contributed by atoms with Crippen molar-refractivity contribution < 1.29 is 27.8 Å². The van der Waals surface area contributed by atoms with Gasteiger partial charge in [-0.05, 0) is 49.8 Å². The van der Waals surface area contributed by atoms with Crippen molar-refractivity contribution in [2.75, 3.05) is 19.8 Å². The number of esters is 1. The number of fused-ring (bicyclic) bond motifs is 3. The molecule has 1 atom stereocenters. The molecular formula is C24H24O6. The van der Waals surface area contributed by atoms with Gasteiger partial charge in [-0.2, -0.15) is 0 Å². The van der Waals surface area contributed by atoms with Gasteiger partial charge in [-0.3, -0.25) is 0 Å². The van der Waals surface area contributed by atoms with Crippen LogP contribution in [0.15, 0.2) is 63.8 Å². The highest BCUT2D eigenvalue weighted by Crippen LogP contribution is 2.45. The fourth-order valence-corrected chi connectivity index (χ4v) is 3.55. The van der Waals surface area contributed by atoms with Gasteiger partial charge in [0.1, 0.15) is 23.9 Å². The molecule has 6 nitrogen and oxygen atoms in total. The molecule has 0 saturated carbocycles. The predicted molar refractivity (Wildman–Crippen MR) is 111 cm³/mol. The molecule has 1 aliphatic rings. The van der Waals surface area contributed by atoms with E-state index in [1.165, 1.54) is 0 Å². The average molecular weight is 408 g/mol. The number of hydrogen-bond acceptors (Lipinski definition) is 6. The summed E-state index contributed by atoms with van der Waals surface area (Å²) in [5.41, 5.74) is 3.96. The molecule has 6 heteroatoms. The Morgan fingerprint density at radius 3 is 2.23 bits per heavy atom. The van der Waals surface area contributed by atoms with Gasteiger partial charge in [-0.15, -0.1) is 0 Å². The van der Waals surface area contributed by atoms with Crippen LogP contribution in [0.2, 0.25) is 0 Å². The minimum atomic E-state index is -0.598. The van der Waals surface area contributed by atoms with Gasteiger partial charge in [-0.1, -0.05) is 12.1 Å². The number of carbonyl (C=O) groups excluding carboxylic acids is 1. The number of carbonyl (C=O) groups is 1. The zero-order chi connectivity index (χ0) is 20.9. The summed E-state index contributed by atoms with van der Waals surface area (Å²) >= 11 is 0. The van der Waals surface area contributed by atoms with Crippen molar-refractivity contribution in [2.24, 2.45) is 0 Å². The first-order valence-corrected chi connectivity index (χ1v) is 10.1. The van der Waals surface area contributed by atoms with E-state index >= 15 is 0 Å². The van der Waals surface area contributed by atoms with Gasteiger partial charge >= 0.3 is 5.97 Å². The molecule has 0 radical (unpaired) electrons. The first-order valence-electron chi connectivity index (χ1n) is 10.1. The van der Waals surface area contributed by atoms with Crippen molar-refractivity contribution in [3.05, 3.63) is 72.1 Å². The maximum absolute atomic E-state index is 12.0. The van der Waals surface area contributed by atoms with Crippen molar-refractivity contribution in [3.8, 4) is 16.9 Å². The van der Waals surface area contributed by atoms with Crippen molar-refractivity contribution >= 4 is 11.5 Å². The normalized spacial score (nSPS) is 12.9. The van der Waals surface area contributed by atoms with E-state index in [9.17, 15) is 4.79 Å². The monoisotopic (exact) mass is 408 g/mol. The molecule has 0 N–H and O–H groups in total. The molecule has 1 aliphatic carbocycles. The Hall–Kier alpha value is -3.25. The fourth-order valence-electron chi connectivity index (χ4n) is 3.55. The van der Waals surface area contributed by atoms with Crippen LogP contribution in [0.1, 0.15) is 30.9 Å². The van der Waals surface area contributed by atoms with Gasteiger partial charge in [0.15, 0.2) is 6.10 Å². The number of rotatable bonds is 9. The smallest absolute Gasteiger partial charge is 0.335 e. The van der Waals surface area contributed by atoms with Crippen LogP contribution in [0, 0.1) is 0 Å². The molecule has 1 aromatic carbocycles. The molecule has 0 aliphatic heterocycles. The van der Waals surface area contributed by atoms with Crippen LogP contribution in [0.3, 0.4) is 0 Å². The Morgan fingerprint density at radius 1 is 0.967 bits per heavy atom. The van der Waals surface area contributed by atoms with E-state index in [-0.39, 0.29) is 5.97 Å². The summed E-state index contributed by atoms with van der Waals surface area (Å²) in [7, 11) is 0. The third-order valence-electron chi connectivity index (χ3n) is 4.91. The second kappa shape index (κ2) is 9.05. The van der Waals surface area contributed by atoms with Gasteiger partial charge < -0.3 is 23.0 Å². The lowest BCUT2D eigenvalue weighted by molar-refractivity contribution is -0.156. The lowest BCUT2D eigenvalue weighted by Gasteiger charge is -2.15. The minimum Gasteiger partial charge on any atom is -0.490 e. The van der Waals surface area contributed by atoms with Crippen LogP contribution in [-0.2, 0) is 20.7 Å².